The minimum atomic E-state index is -0.127. The van der Waals surface area contributed by atoms with Crippen molar-refractivity contribution in [2.24, 2.45) is 5.92 Å². The zero-order valence-electron chi connectivity index (χ0n) is 10.2. The van der Waals surface area contributed by atoms with Crippen molar-refractivity contribution in [2.75, 3.05) is 27.2 Å². The van der Waals surface area contributed by atoms with E-state index in [4.69, 9.17) is 0 Å². The summed E-state index contributed by atoms with van der Waals surface area (Å²) in [6.07, 6.45) is 1.72. The van der Waals surface area contributed by atoms with Gasteiger partial charge in [0.25, 0.3) is 0 Å². The van der Waals surface area contributed by atoms with Crippen LogP contribution >= 0.6 is 0 Å². The van der Waals surface area contributed by atoms with Crippen LogP contribution < -0.4 is 10.6 Å². The van der Waals surface area contributed by atoms with E-state index < -0.39 is 0 Å². The van der Waals surface area contributed by atoms with E-state index in [1.54, 1.807) is 14.1 Å². The number of piperidine rings is 1. The third kappa shape index (κ3) is 3.48. The highest BCUT2D eigenvalue weighted by molar-refractivity contribution is 5.85. The molecule has 2 N–H and O–H groups in total. The average Bonchev–Trinajstić information content (AvgIpc) is 2.27. The van der Waals surface area contributed by atoms with Crippen LogP contribution in [0, 0.1) is 5.92 Å². The Bertz CT molecular complexity index is 268. The van der Waals surface area contributed by atoms with Gasteiger partial charge >= 0.3 is 0 Å². The van der Waals surface area contributed by atoms with Crippen LogP contribution in [0.1, 0.15) is 19.8 Å². The normalized spacial score (nSPS) is 24.9. The van der Waals surface area contributed by atoms with Crippen molar-refractivity contribution in [3.05, 3.63) is 0 Å². The first kappa shape index (κ1) is 13.0. The summed E-state index contributed by atoms with van der Waals surface area (Å²) in [6, 6.07) is 0.385. The van der Waals surface area contributed by atoms with Crippen molar-refractivity contribution >= 4 is 11.8 Å². The smallest absolute Gasteiger partial charge is 0.239 e. The number of hydrogen-bond donors (Lipinski definition) is 2. The first-order valence-electron chi connectivity index (χ1n) is 5.73. The summed E-state index contributed by atoms with van der Waals surface area (Å²) in [7, 11) is 3.26. The number of amides is 2. The van der Waals surface area contributed by atoms with Gasteiger partial charge in [-0.1, -0.05) is 0 Å². The van der Waals surface area contributed by atoms with Crippen molar-refractivity contribution in [1.29, 1.82) is 0 Å². The molecule has 1 aliphatic rings. The Labute approximate surface area is 96.6 Å². The molecule has 1 rings (SSSR count). The molecule has 2 unspecified atom stereocenters. The number of nitrogens with zero attached hydrogens (tertiary/aromatic N) is 1. The van der Waals surface area contributed by atoms with Crippen molar-refractivity contribution in [1.82, 2.24) is 15.5 Å². The first-order chi connectivity index (χ1) is 7.54. The van der Waals surface area contributed by atoms with Crippen LogP contribution in [0.3, 0.4) is 0 Å². The number of likely N-dealkylation sites (N-methyl/N-ethyl adjacent to an activating group) is 2. The van der Waals surface area contributed by atoms with Crippen LogP contribution in [-0.2, 0) is 9.59 Å². The SMILES string of the molecule is CNC(=O)CN(C)C(=O)C1CCNC(C)C1. The van der Waals surface area contributed by atoms with Crippen LogP contribution in [0.15, 0.2) is 0 Å². The van der Waals surface area contributed by atoms with Gasteiger partial charge in [-0.05, 0) is 26.3 Å². The Morgan fingerprint density at radius 3 is 2.75 bits per heavy atom. The number of nitrogens with one attached hydrogen (secondary N) is 2. The topological polar surface area (TPSA) is 61.4 Å². The van der Waals surface area contributed by atoms with E-state index in [1.165, 1.54) is 4.90 Å². The molecule has 0 aliphatic carbocycles. The minimum Gasteiger partial charge on any atom is -0.358 e. The second-order valence-corrected chi connectivity index (χ2v) is 4.44. The fourth-order valence-electron chi connectivity index (χ4n) is 2.04. The lowest BCUT2D eigenvalue weighted by Crippen LogP contribution is -2.45. The lowest BCUT2D eigenvalue weighted by molar-refractivity contribution is -0.138. The highest BCUT2D eigenvalue weighted by Gasteiger charge is 2.27. The van der Waals surface area contributed by atoms with E-state index in [-0.39, 0.29) is 24.3 Å². The van der Waals surface area contributed by atoms with Gasteiger partial charge in [-0.2, -0.15) is 0 Å². The summed E-state index contributed by atoms with van der Waals surface area (Å²) in [4.78, 5) is 24.7. The van der Waals surface area contributed by atoms with Gasteiger partial charge in [0.15, 0.2) is 0 Å². The summed E-state index contributed by atoms with van der Waals surface area (Å²) in [5.74, 6) is 0.0145. The number of hydrogen-bond acceptors (Lipinski definition) is 3. The standard InChI is InChI=1S/C11H21N3O2/c1-8-6-9(4-5-13-8)11(16)14(3)7-10(15)12-2/h8-9,13H,4-7H2,1-3H3,(H,12,15). The van der Waals surface area contributed by atoms with Gasteiger partial charge in [-0.25, -0.2) is 0 Å². The molecule has 92 valence electrons. The maximum atomic E-state index is 12.0. The molecule has 0 spiro atoms. The lowest BCUT2D eigenvalue weighted by Gasteiger charge is -2.30. The van der Waals surface area contributed by atoms with E-state index in [0.29, 0.717) is 6.04 Å². The van der Waals surface area contributed by atoms with E-state index in [1.807, 2.05) is 0 Å². The van der Waals surface area contributed by atoms with Gasteiger partial charge in [0.05, 0.1) is 6.54 Å². The molecule has 0 saturated carbocycles. The Kier molecular flexibility index (Phi) is 4.73. The number of rotatable bonds is 3. The molecule has 0 radical (unpaired) electrons. The molecule has 1 aliphatic heterocycles. The highest BCUT2D eigenvalue weighted by Crippen LogP contribution is 2.18. The molecule has 5 nitrogen and oxygen atoms in total. The zero-order chi connectivity index (χ0) is 12.1. The lowest BCUT2D eigenvalue weighted by atomic mass is 9.92. The van der Waals surface area contributed by atoms with Crippen LogP contribution in [0.25, 0.3) is 0 Å². The minimum absolute atomic E-state index is 0.0610. The predicted molar refractivity (Wildman–Crippen MR) is 61.9 cm³/mol. The summed E-state index contributed by atoms with van der Waals surface area (Å²) in [5, 5.41) is 5.82. The third-order valence-corrected chi connectivity index (χ3v) is 3.01. The largest absolute Gasteiger partial charge is 0.358 e. The van der Waals surface area contributed by atoms with E-state index in [0.717, 1.165) is 19.4 Å². The molecule has 5 heteroatoms. The highest BCUT2D eigenvalue weighted by atomic mass is 16.2. The van der Waals surface area contributed by atoms with Crippen LogP contribution in [0.2, 0.25) is 0 Å². The van der Waals surface area contributed by atoms with E-state index in [2.05, 4.69) is 17.6 Å². The molecular weight excluding hydrogens is 206 g/mol. The number of carbonyl (C=O) groups excluding carboxylic acids is 2. The van der Waals surface area contributed by atoms with Crippen molar-refractivity contribution in [3.8, 4) is 0 Å². The fourth-order valence-corrected chi connectivity index (χ4v) is 2.04. The Morgan fingerprint density at radius 1 is 1.50 bits per heavy atom. The molecule has 1 fully saturated rings. The Morgan fingerprint density at radius 2 is 2.19 bits per heavy atom. The molecule has 16 heavy (non-hydrogen) atoms. The van der Waals surface area contributed by atoms with Gasteiger partial charge in [-0.3, -0.25) is 9.59 Å². The van der Waals surface area contributed by atoms with Crippen LogP contribution in [-0.4, -0.2) is 49.9 Å². The first-order valence-corrected chi connectivity index (χ1v) is 5.73. The molecular formula is C11H21N3O2. The van der Waals surface area contributed by atoms with Crippen molar-refractivity contribution in [2.45, 2.75) is 25.8 Å². The van der Waals surface area contributed by atoms with E-state index >= 15 is 0 Å². The molecule has 0 aromatic heterocycles. The molecule has 2 amide bonds. The number of carbonyl (C=O) groups is 2. The quantitative estimate of drug-likeness (QED) is 0.688. The maximum absolute atomic E-state index is 12.0. The molecule has 0 aromatic rings. The monoisotopic (exact) mass is 227 g/mol. The maximum Gasteiger partial charge on any atom is 0.239 e. The van der Waals surface area contributed by atoms with Gasteiger partial charge < -0.3 is 15.5 Å². The molecule has 1 saturated heterocycles. The van der Waals surface area contributed by atoms with Crippen molar-refractivity contribution < 1.29 is 9.59 Å². The fraction of sp³-hybridized carbons (Fsp3) is 0.818. The Balaban J connectivity index is 2.46. The van der Waals surface area contributed by atoms with Crippen LogP contribution in [0.5, 0.6) is 0 Å². The second-order valence-electron chi connectivity index (χ2n) is 4.44. The predicted octanol–water partition coefficient (Wildman–Crippen LogP) is -0.421. The van der Waals surface area contributed by atoms with Crippen LogP contribution in [0.4, 0.5) is 0 Å². The molecule has 0 bridgehead atoms. The Hall–Kier alpha value is -1.10. The van der Waals surface area contributed by atoms with Crippen molar-refractivity contribution in [3.63, 3.8) is 0 Å². The summed E-state index contributed by atoms with van der Waals surface area (Å²) in [5.41, 5.74) is 0. The van der Waals surface area contributed by atoms with Gasteiger partial charge in [-0.15, -0.1) is 0 Å². The van der Waals surface area contributed by atoms with Gasteiger partial charge in [0.2, 0.25) is 11.8 Å². The molecule has 1 heterocycles. The molecule has 0 aromatic carbocycles. The summed E-state index contributed by atoms with van der Waals surface area (Å²) < 4.78 is 0. The van der Waals surface area contributed by atoms with Gasteiger partial charge in [0, 0.05) is 26.1 Å². The second kappa shape index (κ2) is 5.84. The summed E-state index contributed by atoms with van der Waals surface area (Å²) >= 11 is 0. The van der Waals surface area contributed by atoms with Gasteiger partial charge in [0.1, 0.15) is 0 Å². The third-order valence-electron chi connectivity index (χ3n) is 3.01. The summed E-state index contributed by atoms with van der Waals surface area (Å²) in [6.45, 7) is 3.11. The average molecular weight is 227 g/mol. The molecule has 2 atom stereocenters. The zero-order valence-corrected chi connectivity index (χ0v) is 10.2. The van der Waals surface area contributed by atoms with E-state index in [9.17, 15) is 9.59 Å².